The number of hydrogen-bond donors (Lipinski definition) is 1. The van der Waals surface area contributed by atoms with Crippen LogP contribution in [0.4, 0.5) is 0 Å². The average Bonchev–Trinajstić information content (AvgIpc) is 2.64. The van der Waals surface area contributed by atoms with E-state index in [-0.39, 0.29) is 17.9 Å². The standard InChI is InChI=1S/C14H14O3S/c15-14(7-8-18(16,17)10-14)13-6-5-11-3-1-2-4-12(11)9-13/h1-6,9,15H,7-8,10H2. The Hall–Kier alpha value is -1.39. The Morgan fingerprint density at radius 1 is 1.06 bits per heavy atom. The van der Waals surface area contributed by atoms with Crippen LogP contribution in [0, 0.1) is 0 Å². The number of sulfone groups is 1. The minimum absolute atomic E-state index is 0.0658. The largest absolute Gasteiger partial charge is 0.384 e. The Kier molecular flexibility index (Phi) is 2.47. The Morgan fingerprint density at radius 3 is 2.44 bits per heavy atom. The Morgan fingerprint density at radius 2 is 1.78 bits per heavy atom. The Labute approximate surface area is 106 Å². The van der Waals surface area contributed by atoms with Crippen molar-refractivity contribution in [3.05, 3.63) is 48.0 Å². The first-order valence-electron chi connectivity index (χ1n) is 5.91. The molecule has 0 aromatic heterocycles. The van der Waals surface area contributed by atoms with Crippen molar-refractivity contribution in [2.75, 3.05) is 11.5 Å². The van der Waals surface area contributed by atoms with Gasteiger partial charge in [-0.05, 0) is 28.8 Å². The van der Waals surface area contributed by atoms with Crippen LogP contribution in [0.2, 0.25) is 0 Å². The highest BCUT2D eigenvalue weighted by molar-refractivity contribution is 7.91. The number of hydrogen-bond acceptors (Lipinski definition) is 3. The van der Waals surface area contributed by atoms with Crippen molar-refractivity contribution in [3.8, 4) is 0 Å². The van der Waals surface area contributed by atoms with Gasteiger partial charge in [-0.2, -0.15) is 0 Å². The molecule has 1 atom stereocenters. The van der Waals surface area contributed by atoms with Crippen LogP contribution in [0.15, 0.2) is 42.5 Å². The van der Waals surface area contributed by atoms with Crippen molar-refractivity contribution < 1.29 is 13.5 Å². The van der Waals surface area contributed by atoms with Gasteiger partial charge < -0.3 is 5.11 Å². The predicted octanol–water partition coefficient (Wildman–Crippen LogP) is 1.85. The fourth-order valence-electron chi connectivity index (χ4n) is 2.54. The number of fused-ring (bicyclic) bond motifs is 1. The molecule has 1 heterocycles. The van der Waals surface area contributed by atoms with Gasteiger partial charge in [-0.15, -0.1) is 0 Å². The van der Waals surface area contributed by atoms with Gasteiger partial charge in [0.1, 0.15) is 5.60 Å². The highest BCUT2D eigenvalue weighted by Gasteiger charge is 2.41. The molecule has 2 aromatic carbocycles. The highest BCUT2D eigenvalue weighted by Crippen LogP contribution is 2.34. The summed E-state index contributed by atoms with van der Waals surface area (Å²) in [5.41, 5.74) is -0.523. The van der Waals surface area contributed by atoms with Gasteiger partial charge in [0.2, 0.25) is 0 Å². The van der Waals surface area contributed by atoms with Crippen LogP contribution < -0.4 is 0 Å². The first kappa shape index (κ1) is 11.7. The summed E-state index contributed by atoms with van der Waals surface area (Å²) in [7, 11) is -3.11. The normalized spacial score (nSPS) is 26.5. The van der Waals surface area contributed by atoms with Gasteiger partial charge in [0, 0.05) is 0 Å². The van der Waals surface area contributed by atoms with E-state index in [1.165, 1.54) is 0 Å². The lowest BCUT2D eigenvalue weighted by Gasteiger charge is -2.21. The molecule has 0 bridgehead atoms. The Bertz CT molecular complexity index is 706. The summed E-state index contributed by atoms with van der Waals surface area (Å²) in [6, 6.07) is 13.5. The third-order valence-corrected chi connectivity index (χ3v) is 5.32. The monoisotopic (exact) mass is 262 g/mol. The molecule has 1 unspecified atom stereocenters. The smallest absolute Gasteiger partial charge is 0.153 e. The molecule has 94 valence electrons. The molecule has 1 aliphatic rings. The van der Waals surface area contributed by atoms with Crippen molar-refractivity contribution in [2.45, 2.75) is 12.0 Å². The van der Waals surface area contributed by atoms with Crippen LogP contribution in [0.5, 0.6) is 0 Å². The van der Waals surface area contributed by atoms with Gasteiger partial charge in [-0.25, -0.2) is 8.42 Å². The molecule has 4 heteroatoms. The lowest BCUT2D eigenvalue weighted by Crippen LogP contribution is -2.26. The second-order valence-corrected chi connectivity index (χ2v) is 7.12. The van der Waals surface area contributed by atoms with Gasteiger partial charge in [-0.1, -0.05) is 36.4 Å². The van der Waals surface area contributed by atoms with Gasteiger partial charge >= 0.3 is 0 Å². The summed E-state index contributed by atoms with van der Waals surface area (Å²) in [6.07, 6.45) is 0.285. The lowest BCUT2D eigenvalue weighted by atomic mass is 9.91. The quantitative estimate of drug-likeness (QED) is 0.853. The average molecular weight is 262 g/mol. The maximum Gasteiger partial charge on any atom is 0.153 e. The van der Waals surface area contributed by atoms with Crippen molar-refractivity contribution in [1.82, 2.24) is 0 Å². The summed E-state index contributed by atoms with van der Waals surface area (Å²) in [4.78, 5) is 0. The molecule has 0 saturated carbocycles. The summed E-state index contributed by atoms with van der Waals surface area (Å²) in [6.45, 7) is 0. The lowest BCUT2D eigenvalue weighted by molar-refractivity contribution is 0.0654. The van der Waals surface area contributed by atoms with Gasteiger partial charge in [-0.3, -0.25) is 0 Å². The minimum Gasteiger partial charge on any atom is -0.384 e. The molecule has 1 aliphatic heterocycles. The summed E-state index contributed by atoms with van der Waals surface area (Å²) >= 11 is 0. The van der Waals surface area contributed by atoms with E-state index in [4.69, 9.17) is 0 Å². The topological polar surface area (TPSA) is 54.4 Å². The minimum atomic E-state index is -3.11. The summed E-state index contributed by atoms with van der Waals surface area (Å²) in [5, 5.41) is 12.6. The van der Waals surface area contributed by atoms with E-state index < -0.39 is 15.4 Å². The predicted molar refractivity (Wildman–Crippen MR) is 71.1 cm³/mol. The van der Waals surface area contributed by atoms with E-state index in [9.17, 15) is 13.5 Å². The molecule has 1 N–H and O–H groups in total. The molecule has 0 aliphatic carbocycles. The second-order valence-electron chi connectivity index (χ2n) is 4.94. The molecular formula is C14H14O3S. The van der Waals surface area contributed by atoms with Crippen molar-refractivity contribution in [3.63, 3.8) is 0 Å². The zero-order valence-corrected chi connectivity index (χ0v) is 10.7. The molecular weight excluding hydrogens is 248 g/mol. The maximum absolute atomic E-state index is 11.5. The van der Waals surface area contributed by atoms with E-state index >= 15 is 0 Å². The first-order chi connectivity index (χ1) is 8.49. The summed E-state index contributed by atoms with van der Waals surface area (Å²) in [5.74, 6) is -0.103. The molecule has 1 saturated heterocycles. The Balaban J connectivity index is 2.10. The highest BCUT2D eigenvalue weighted by atomic mass is 32.2. The van der Waals surface area contributed by atoms with Crippen molar-refractivity contribution >= 4 is 20.6 Å². The SMILES string of the molecule is O=S1(=O)CCC(O)(c2ccc3ccccc3c2)C1. The first-order valence-corrected chi connectivity index (χ1v) is 7.73. The molecule has 2 aromatic rings. The van der Waals surface area contributed by atoms with Crippen molar-refractivity contribution in [1.29, 1.82) is 0 Å². The van der Waals surface area contributed by atoms with E-state index in [0.717, 1.165) is 10.8 Å². The molecule has 3 rings (SSSR count). The zero-order chi connectivity index (χ0) is 12.8. The summed E-state index contributed by atoms with van der Waals surface area (Å²) < 4.78 is 23.0. The van der Waals surface area contributed by atoms with E-state index in [0.29, 0.717) is 5.56 Å². The third kappa shape index (κ3) is 1.91. The molecule has 3 nitrogen and oxygen atoms in total. The van der Waals surface area contributed by atoms with Gasteiger partial charge in [0.05, 0.1) is 11.5 Å². The molecule has 0 spiro atoms. The zero-order valence-electron chi connectivity index (χ0n) is 9.83. The molecule has 18 heavy (non-hydrogen) atoms. The number of benzene rings is 2. The fraction of sp³-hybridized carbons (Fsp3) is 0.286. The molecule has 1 fully saturated rings. The van der Waals surface area contributed by atoms with E-state index in [1.807, 2.05) is 42.5 Å². The molecule has 0 radical (unpaired) electrons. The van der Waals surface area contributed by atoms with Crippen LogP contribution in [0.1, 0.15) is 12.0 Å². The number of aliphatic hydroxyl groups is 1. The van der Waals surface area contributed by atoms with E-state index in [1.54, 1.807) is 0 Å². The molecule has 0 amide bonds. The maximum atomic E-state index is 11.5. The van der Waals surface area contributed by atoms with Gasteiger partial charge in [0.15, 0.2) is 9.84 Å². The van der Waals surface area contributed by atoms with Crippen LogP contribution >= 0.6 is 0 Å². The van der Waals surface area contributed by atoms with Crippen molar-refractivity contribution in [2.24, 2.45) is 0 Å². The van der Waals surface area contributed by atoms with E-state index in [2.05, 4.69) is 0 Å². The van der Waals surface area contributed by atoms with Crippen LogP contribution in [-0.2, 0) is 15.4 Å². The number of rotatable bonds is 1. The van der Waals surface area contributed by atoms with Crippen LogP contribution in [0.3, 0.4) is 0 Å². The van der Waals surface area contributed by atoms with Crippen LogP contribution in [0.25, 0.3) is 10.8 Å². The van der Waals surface area contributed by atoms with Crippen LogP contribution in [-0.4, -0.2) is 25.0 Å². The fourth-order valence-corrected chi connectivity index (χ4v) is 4.37. The van der Waals surface area contributed by atoms with Gasteiger partial charge in [0.25, 0.3) is 0 Å². The second kappa shape index (κ2) is 3.80. The third-order valence-electron chi connectivity index (χ3n) is 3.57.